The number of oxazole rings is 1. The second-order valence-corrected chi connectivity index (χ2v) is 6.22. The fraction of sp³-hybridized carbons (Fsp3) is 0.200. The summed E-state index contributed by atoms with van der Waals surface area (Å²) in [5, 5.41) is 22.3. The van der Waals surface area contributed by atoms with E-state index in [-0.39, 0.29) is 23.4 Å². The Hall–Kier alpha value is -3.37. The minimum atomic E-state index is -4.81. The van der Waals surface area contributed by atoms with Gasteiger partial charge in [-0.15, -0.1) is 13.2 Å². The number of fused-ring (bicyclic) bond motifs is 1. The first-order valence-electron chi connectivity index (χ1n) is 8.68. The normalized spacial score (nSPS) is 12.6. The summed E-state index contributed by atoms with van der Waals surface area (Å²) in [5.74, 6) is -0.833. The summed E-state index contributed by atoms with van der Waals surface area (Å²) in [6.45, 7) is 2.75. The van der Waals surface area contributed by atoms with Crippen LogP contribution in [0.15, 0.2) is 53.8 Å². The second-order valence-electron chi connectivity index (χ2n) is 6.22. The molecule has 3 rings (SSSR count). The molecule has 0 radical (unpaired) electrons. The van der Waals surface area contributed by atoms with Crippen LogP contribution in [0.4, 0.5) is 13.2 Å². The van der Waals surface area contributed by atoms with Gasteiger partial charge in [0.1, 0.15) is 17.4 Å². The molecular weight excluding hydrogens is 405 g/mol. The highest BCUT2D eigenvalue weighted by molar-refractivity contribution is 5.94. The van der Waals surface area contributed by atoms with Crippen molar-refractivity contribution >= 4 is 17.0 Å². The van der Waals surface area contributed by atoms with E-state index in [0.717, 1.165) is 24.6 Å². The largest absolute Gasteiger partial charge is 0.573 e. The molecule has 1 atom stereocenters. The molecule has 0 fully saturated rings. The monoisotopic (exact) mass is 422 g/mol. The predicted molar refractivity (Wildman–Crippen MR) is 100 cm³/mol. The van der Waals surface area contributed by atoms with E-state index in [4.69, 9.17) is 4.42 Å². The molecule has 0 saturated carbocycles. The van der Waals surface area contributed by atoms with Crippen molar-refractivity contribution in [2.45, 2.75) is 19.0 Å². The van der Waals surface area contributed by atoms with E-state index >= 15 is 0 Å². The molecule has 2 aromatic carbocycles. The van der Waals surface area contributed by atoms with Gasteiger partial charge in [0.25, 0.3) is 0 Å². The van der Waals surface area contributed by atoms with Crippen LogP contribution in [0.25, 0.3) is 22.2 Å². The van der Waals surface area contributed by atoms with Crippen LogP contribution < -0.4 is 10.1 Å². The number of ether oxygens (including phenoxy) is 1. The highest BCUT2D eigenvalue weighted by Crippen LogP contribution is 2.36. The number of alkyl halides is 3. The van der Waals surface area contributed by atoms with Crippen molar-refractivity contribution in [3.63, 3.8) is 0 Å². The lowest BCUT2D eigenvalue weighted by atomic mass is 9.94. The first-order chi connectivity index (χ1) is 14.2. The summed E-state index contributed by atoms with van der Waals surface area (Å²) >= 11 is 0. The van der Waals surface area contributed by atoms with Gasteiger partial charge < -0.3 is 24.7 Å². The van der Waals surface area contributed by atoms with Gasteiger partial charge in [0, 0.05) is 17.7 Å². The van der Waals surface area contributed by atoms with Crippen LogP contribution in [0, 0.1) is 0 Å². The molecule has 3 N–H and O–H groups in total. The van der Waals surface area contributed by atoms with Gasteiger partial charge >= 0.3 is 6.36 Å². The third kappa shape index (κ3) is 4.61. The van der Waals surface area contributed by atoms with Crippen LogP contribution >= 0.6 is 0 Å². The number of rotatable bonds is 7. The third-order valence-corrected chi connectivity index (χ3v) is 4.28. The Balaban J connectivity index is 2.09. The van der Waals surface area contributed by atoms with Gasteiger partial charge in [-0.05, 0) is 35.4 Å². The number of aliphatic hydroxyl groups excluding tert-OH is 2. The van der Waals surface area contributed by atoms with E-state index in [1.807, 2.05) is 0 Å². The van der Waals surface area contributed by atoms with E-state index in [1.165, 1.54) is 12.1 Å². The number of nitrogens with zero attached hydrogens (tertiary/aromatic N) is 1. The first-order valence-corrected chi connectivity index (χ1v) is 8.68. The number of halogens is 3. The Bertz CT molecular complexity index is 1060. The molecule has 0 aliphatic rings. The van der Waals surface area contributed by atoms with Crippen LogP contribution in [0.2, 0.25) is 0 Å². The lowest BCUT2D eigenvalue weighted by Crippen LogP contribution is -2.22. The molecule has 158 valence electrons. The summed E-state index contributed by atoms with van der Waals surface area (Å²) < 4.78 is 46.4. The molecule has 0 aliphatic heterocycles. The Morgan fingerprint density at radius 1 is 1.33 bits per heavy atom. The van der Waals surface area contributed by atoms with Crippen LogP contribution in [0.1, 0.15) is 17.2 Å². The number of aromatic nitrogens is 1. The quantitative estimate of drug-likeness (QED) is 0.505. The van der Waals surface area contributed by atoms with Gasteiger partial charge in [-0.2, -0.15) is 0 Å². The molecule has 7 nitrogen and oxygen atoms in total. The van der Waals surface area contributed by atoms with Gasteiger partial charge in [-0.1, -0.05) is 18.7 Å². The topological polar surface area (TPSA) is 105 Å². The SMILES string of the molecule is C=CC(=O)NCc1cc(-c2ccc(OC(F)(F)F)cc2)c2ncoc2c1[C@@H](O)CO. The maximum Gasteiger partial charge on any atom is 0.573 e. The fourth-order valence-electron chi connectivity index (χ4n) is 3.01. The molecule has 10 heteroatoms. The molecule has 0 saturated heterocycles. The number of aliphatic hydroxyl groups is 2. The smallest absolute Gasteiger partial charge is 0.443 e. The molecule has 0 spiro atoms. The second kappa shape index (κ2) is 8.56. The minimum Gasteiger partial charge on any atom is -0.443 e. The van der Waals surface area contributed by atoms with Crippen LogP contribution in [-0.2, 0) is 11.3 Å². The van der Waals surface area contributed by atoms with Crippen molar-refractivity contribution in [3.05, 3.63) is 60.5 Å². The van der Waals surface area contributed by atoms with E-state index in [9.17, 15) is 28.2 Å². The van der Waals surface area contributed by atoms with Gasteiger partial charge in [0.2, 0.25) is 5.91 Å². The van der Waals surface area contributed by atoms with Gasteiger partial charge in [0.15, 0.2) is 12.0 Å². The zero-order valence-corrected chi connectivity index (χ0v) is 15.4. The van der Waals surface area contributed by atoms with Crippen molar-refractivity contribution in [1.29, 1.82) is 0 Å². The van der Waals surface area contributed by atoms with Gasteiger partial charge in [-0.3, -0.25) is 4.79 Å². The summed E-state index contributed by atoms with van der Waals surface area (Å²) in [4.78, 5) is 15.7. The van der Waals surface area contributed by atoms with Crippen molar-refractivity contribution in [2.75, 3.05) is 6.61 Å². The molecule has 1 amide bonds. The van der Waals surface area contributed by atoms with Crippen LogP contribution in [0.5, 0.6) is 5.75 Å². The Morgan fingerprint density at radius 2 is 2.03 bits per heavy atom. The Labute approximate surface area is 168 Å². The molecule has 3 aromatic rings. The molecule has 0 unspecified atom stereocenters. The minimum absolute atomic E-state index is 0.0177. The molecule has 1 aromatic heterocycles. The highest BCUT2D eigenvalue weighted by Gasteiger charge is 2.31. The van der Waals surface area contributed by atoms with Crippen molar-refractivity contribution in [3.8, 4) is 16.9 Å². The van der Waals surface area contributed by atoms with E-state index in [1.54, 1.807) is 6.07 Å². The molecule has 0 bridgehead atoms. The molecule has 30 heavy (non-hydrogen) atoms. The predicted octanol–water partition coefficient (Wildman–Crippen LogP) is 3.22. The first kappa shape index (κ1) is 21.3. The maximum absolute atomic E-state index is 12.4. The summed E-state index contributed by atoms with van der Waals surface area (Å²) in [6.07, 6.45) is -3.88. The number of amides is 1. The van der Waals surface area contributed by atoms with Crippen LogP contribution in [-0.4, -0.2) is 34.1 Å². The molecule has 1 heterocycles. The number of carbonyl (C=O) groups excluding carboxylic acids is 1. The summed E-state index contributed by atoms with van der Waals surface area (Å²) in [5.41, 5.74) is 2.20. The average molecular weight is 422 g/mol. The van der Waals surface area contributed by atoms with E-state index in [2.05, 4.69) is 21.6 Å². The van der Waals surface area contributed by atoms with E-state index in [0.29, 0.717) is 22.2 Å². The summed E-state index contributed by atoms with van der Waals surface area (Å²) in [7, 11) is 0. The number of hydrogen-bond acceptors (Lipinski definition) is 6. The Kier molecular flexibility index (Phi) is 6.09. The van der Waals surface area contributed by atoms with Gasteiger partial charge in [-0.25, -0.2) is 4.98 Å². The van der Waals surface area contributed by atoms with Crippen molar-refractivity contribution in [1.82, 2.24) is 10.3 Å². The summed E-state index contributed by atoms with van der Waals surface area (Å²) in [6, 6.07) is 6.76. The highest BCUT2D eigenvalue weighted by atomic mass is 19.4. The number of nitrogens with one attached hydrogen (secondary N) is 1. The molecular formula is C20H17F3N2O5. The van der Waals surface area contributed by atoms with Gasteiger partial charge in [0.05, 0.1) is 6.61 Å². The Morgan fingerprint density at radius 3 is 2.63 bits per heavy atom. The third-order valence-electron chi connectivity index (χ3n) is 4.28. The lowest BCUT2D eigenvalue weighted by Gasteiger charge is -2.17. The number of benzene rings is 2. The zero-order valence-electron chi connectivity index (χ0n) is 15.4. The fourth-order valence-corrected chi connectivity index (χ4v) is 3.01. The van der Waals surface area contributed by atoms with Crippen LogP contribution in [0.3, 0.4) is 0 Å². The average Bonchev–Trinajstić information content (AvgIpc) is 3.19. The standard InChI is InChI=1S/C20H17F3N2O5/c1-2-16(28)24-8-12-7-14(11-3-5-13(6-4-11)30-20(21,22)23)18-19(29-10-25-18)17(12)15(27)9-26/h2-7,10,15,26-27H,1,8-9H2,(H,24,28)/t15-/m0/s1. The van der Waals surface area contributed by atoms with E-state index < -0.39 is 25.0 Å². The maximum atomic E-state index is 12.4. The molecule has 0 aliphatic carbocycles. The zero-order chi connectivity index (χ0) is 21.9. The lowest BCUT2D eigenvalue weighted by molar-refractivity contribution is -0.274. The van der Waals surface area contributed by atoms with Crippen molar-refractivity contribution < 1.29 is 37.3 Å². The van der Waals surface area contributed by atoms with Crippen molar-refractivity contribution in [2.24, 2.45) is 0 Å². The number of hydrogen-bond donors (Lipinski definition) is 3. The number of carbonyl (C=O) groups is 1.